The second-order valence-electron chi connectivity index (χ2n) is 2.84. The molecule has 0 unspecified atom stereocenters. The van der Waals surface area contributed by atoms with Crippen molar-refractivity contribution in [2.75, 3.05) is 7.11 Å². The number of carbonyl (C=O) groups is 1. The zero-order valence-electron chi connectivity index (χ0n) is 8.34. The number of carbonyl (C=O) groups excluding carboxylic acids is 1. The minimum absolute atomic E-state index is 0.0229. The Kier molecular flexibility index (Phi) is 4.54. The molecule has 0 aliphatic rings. The highest BCUT2D eigenvalue weighted by atomic mass is 127. The third-order valence-electron chi connectivity index (χ3n) is 1.96. The van der Waals surface area contributed by atoms with Gasteiger partial charge in [-0.25, -0.2) is 13.6 Å². The standard InChI is InChI=1S/C9H9F2IN2O2/c1-16-9(15)6-4(2-13)5(12)3-14-7(6)8(10)11/h3,8H,2,13H2,1H3. The first-order chi connectivity index (χ1) is 7.52. The molecule has 1 aromatic heterocycles. The van der Waals surface area contributed by atoms with Gasteiger partial charge in [0.25, 0.3) is 6.43 Å². The molecular weight excluding hydrogens is 333 g/mol. The molecule has 2 N–H and O–H groups in total. The average molecular weight is 342 g/mol. The molecule has 0 aliphatic heterocycles. The number of alkyl halides is 2. The van der Waals surface area contributed by atoms with Crippen molar-refractivity contribution in [3.05, 3.63) is 26.6 Å². The second kappa shape index (κ2) is 5.48. The Morgan fingerprint density at radius 3 is 2.75 bits per heavy atom. The first kappa shape index (κ1) is 13.2. The molecule has 0 radical (unpaired) electrons. The van der Waals surface area contributed by atoms with Crippen LogP contribution in [0.5, 0.6) is 0 Å². The Balaban J connectivity index is 3.47. The third-order valence-corrected chi connectivity index (χ3v) is 2.89. The molecule has 16 heavy (non-hydrogen) atoms. The molecule has 0 amide bonds. The van der Waals surface area contributed by atoms with Crippen LogP contribution in [-0.2, 0) is 11.3 Å². The predicted octanol–water partition coefficient (Wildman–Crippen LogP) is 1.87. The summed E-state index contributed by atoms with van der Waals surface area (Å²) in [5.74, 6) is -0.846. The summed E-state index contributed by atoms with van der Waals surface area (Å²) in [6.07, 6.45) is -1.58. The number of ether oxygens (including phenoxy) is 1. The number of esters is 1. The Morgan fingerprint density at radius 1 is 1.69 bits per heavy atom. The lowest BCUT2D eigenvalue weighted by Crippen LogP contribution is -2.15. The summed E-state index contributed by atoms with van der Waals surface area (Å²) in [6, 6.07) is 0. The molecule has 1 rings (SSSR count). The number of nitrogens with zero attached hydrogens (tertiary/aromatic N) is 1. The van der Waals surface area contributed by atoms with E-state index in [2.05, 4.69) is 9.72 Å². The van der Waals surface area contributed by atoms with E-state index in [1.165, 1.54) is 6.20 Å². The highest BCUT2D eigenvalue weighted by Crippen LogP contribution is 2.26. The number of methoxy groups -OCH3 is 1. The van der Waals surface area contributed by atoms with Gasteiger partial charge in [0.2, 0.25) is 0 Å². The van der Waals surface area contributed by atoms with Gasteiger partial charge in [0.05, 0.1) is 12.7 Å². The molecule has 1 aromatic rings. The van der Waals surface area contributed by atoms with Crippen LogP contribution in [0.1, 0.15) is 28.0 Å². The van der Waals surface area contributed by atoms with Gasteiger partial charge in [-0.15, -0.1) is 0 Å². The van der Waals surface area contributed by atoms with E-state index in [9.17, 15) is 13.6 Å². The summed E-state index contributed by atoms with van der Waals surface area (Å²) in [5, 5.41) is 0. The number of hydrogen-bond donors (Lipinski definition) is 1. The average Bonchev–Trinajstić information content (AvgIpc) is 2.27. The van der Waals surface area contributed by atoms with Crippen LogP contribution >= 0.6 is 22.6 Å². The fourth-order valence-electron chi connectivity index (χ4n) is 1.24. The lowest BCUT2D eigenvalue weighted by molar-refractivity contribution is 0.0585. The van der Waals surface area contributed by atoms with Crippen molar-refractivity contribution in [1.29, 1.82) is 0 Å². The van der Waals surface area contributed by atoms with Crippen LogP contribution in [0.4, 0.5) is 8.78 Å². The Morgan fingerprint density at radius 2 is 2.31 bits per heavy atom. The van der Waals surface area contributed by atoms with Crippen LogP contribution in [0.15, 0.2) is 6.20 Å². The minimum atomic E-state index is -2.84. The summed E-state index contributed by atoms with van der Waals surface area (Å²) < 4.78 is 30.3. The zero-order chi connectivity index (χ0) is 12.3. The van der Waals surface area contributed by atoms with Crippen molar-refractivity contribution in [2.24, 2.45) is 5.73 Å². The molecule has 4 nitrogen and oxygen atoms in total. The van der Waals surface area contributed by atoms with Crippen LogP contribution in [-0.4, -0.2) is 18.1 Å². The van der Waals surface area contributed by atoms with Crippen molar-refractivity contribution in [2.45, 2.75) is 13.0 Å². The molecule has 0 spiro atoms. The molecule has 0 atom stereocenters. The van der Waals surface area contributed by atoms with Gasteiger partial charge in [-0.1, -0.05) is 0 Å². The highest BCUT2D eigenvalue weighted by molar-refractivity contribution is 14.1. The summed E-state index contributed by atoms with van der Waals surface area (Å²) in [4.78, 5) is 15.0. The number of pyridine rings is 1. The largest absolute Gasteiger partial charge is 0.465 e. The topological polar surface area (TPSA) is 65.2 Å². The lowest BCUT2D eigenvalue weighted by Gasteiger charge is -2.12. The molecule has 88 valence electrons. The van der Waals surface area contributed by atoms with Crippen LogP contribution < -0.4 is 5.73 Å². The van der Waals surface area contributed by atoms with Crippen molar-refractivity contribution in [3.63, 3.8) is 0 Å². The minimum Gasteiger partial charge on any atom is -0.465 e. The first-order valence-corrected chi connectivity index (χ1v) is 5.34. The molecule has 1 heterocycles. The smallest absolute Gasteiger partial charge is 0.340 e. The van der Waals surface area contributed by atoms with E-state index in [1.807, 2.05) is 22.6 Å². The van der Waals surface area contributed by atoms with Crippen molar-refractivity contribution < 1.29 is 18.3 Å². The molecule has 0 saturated heterocycles. The van der Waals surface area contributed by atoms with Crippen LogP contribution in [0.2, 0.25) is 0 Å². The molecule has 7 heteroatoms. The van der Waals surface area contributed by atoms with E-state index < -0.39 is 18.1 Å². The van der Waals surface area contributed by atoms with E-state index in [0.29, 0.717) is 9.13 Å². The van der Waals surface area contributed by atoms with Crippen molar-refractivity contribution in [3.8, 4) is 0 Å². The van der Waals surface area contributed by atoms with Crippen LogP contribution in [0, 0.1) is 3.57 Å². The fraction of sp³-hybridized carbons (Fsp3) is 0.333. The molecule has 0 bridgehead atoms. The Hall–Kier alpha value is -0.830. The molecule has 0 saturated carbocycles. The summed E-state index contributed by atoms with van der Waals surface area (Å²) in [7, 11) is 1.12. The number of rotatable bonds is 3. The van der Waals surface area contributed by atoms with E-state index in [-0.39, 0.29) is 12.1 Å². The quantitative estimate of drug-likeness (QED) is 0.673. The Labute approximate surface area is 104 Å². The summed E-state index contributed by atoms with van der Waals surface area (Å²) in [5.41, 5.74) is 4.94. The molecular formula is C9H9F2IN2O2. The molecule has 0 aromatic carbocycles. The van der Waals surface area contributed by atoms with Gasteiger partial charge in [0.15, 0.2) is 0 Å². The van der Waals surface area contributed by atoms with Crippen LogP contribution in [0.25, 0.3) is 0 Å². The molecule has 0 aliphatic carbocycles. The van der Waals surface area contributed by atoms with E-state index in [4.69, 9.17) is 5.73 Å². The highest BCUT2D eigenvalue weighted by Gasteiger charge is 2.25. The van der Waals surface area contributed by atoms with E-state index in [0.717, 1.165) is 7.11 Å². The van der Waals surface area contributed by atoms with Gasteiger partial charge in [0, 0.05) is 16.3 Å². The SMILES string of the molecule is COC(=O)c1c(C(F)F)ncc(I)c1CN. The molecule has 0 fully saturated rings. The number of halogens is 3. The van der Waals surface area contributed by atoms with Gasteiger partial charge >= 0.3 is 5.97 Å². The normalized spacial score (nSPS) is 10.6. The maximum atomic E-state index is 12.7. The fourth-order valence-corrected chi connectivity index (χ4v) is 1.87. The van der Waals surface area contributed by atoms with Crippen molar-refractivity contribution in [1.82, 2.24) is 4.98 Å². The van der Waals surface area contributed by atoms with Gasteiger partial charge in [-0.3, -0.25) is 4.98 Å². The van der Waals surface area contributed by atoms with Crippen molar-refractivity contribution >= 4 is 28.6 Å². The lowest BCUT2D eigenvalue weighted by atomic mass is 10.1. The van der Waals surface area contributed by atoms with Gasteiger partial charge in [-0.05, 0) is 28.2 Å². The summed E-state index contributed by atoms with van der Waals surface area (Å²) in [6.45, 7) is -0.0229. The van der Waals surface area contributed by atoms with E-state index in [1.54, 1.807) is 0 Å². The summed E-state index contributed by atoms with van der Waals surface area (Å²) >= 11 is 1.88. The maximum absolute atomic E-state index is 12.7. The second-order valence-corrected chi connectivity index (χ2v) is 4.00. The Bertz CT molecular complexity index is 413. The van der Waals surface area contributed by atoms with E-state index >= 15 is 0 Å². The number of nitrogens with two attached hydrogens (primary N) is 1. The van der Waals surface area contributed by atoms with Gasteiger partial charge in [0.1, 0.15) is 5.69 Å². The predicted molar refractivity (Wildman–Crippen MR) is 61.1 cm³/mol. The monoisotopic (exact) mass is 342 g/mol. The van der Waals surface area contributed by atoms with Gasteiger partial charge in [-0.2, -0.15) is 0 Å². The first-order valence-electron chi connectivity index (χ1n) is 4.26. The number of hydrogen-bond acceptors (Lipinski definition) is 4. The number of aromatic nitrogens is 1. The maximum Gasteiger partial charge on any atom is 0.340 e. The van der Waals surface area contributed by atoms with Gasteiger partial charge < -0.3 is 10.5 Å². The zero-order valence-corrected chi connectivity index (χ0v) is 10.5. The third kappa shape index (κ3) is 2.46. The van der Waals surface area contributed by atoms with Crippen LogP contribution in [0.3, 0.4) is 0 Å².